The lowest BCUT2D eigenvalue weighted by Crippen LogP contribution is -2.46. The standard InChI is InChI=1S/C18H30N2OS.ClH/c1-4-7-16-14(6-3)13-17(22-16)18(21)20(12-5-2)15-8-10-19-11-9-15;/h13,15,19H,4-12H2,1-3H3;1H. The maximum absolute atomic E-state index is 13.0. The number of hydrogen-bond donors (Lipinski definition) is 1. The number of aryl methyl sites for hydroxylation is 2. The molecule has 2 heterocycles. The summed E-state index contributed by atoms with van der Waals surface area (Å²) in [5.74, 6) is 0.260. The Labute approximate surface area is 151 Å². The van der Waals surface area contributed by atoms with Gasteiger partial charge in [0.15, 0.2) is 0 Å². The van der Waals surface area contributed by atoms with E-state index in [9.17, 15) is 4.79 Å². The Morgan fingerprint density at radius 3 is 2.52 bits per heavy atom. The third kappa shape index (κ3) is 5.20. The second-order valence-electron chi connectivity index (χ2n) is 6.14. The van der Waals surface area contributed by atoms with E-state index in [4.69, 9.17) is 0 Å². The molecule has 5 heteroatoms. The Morgan fingerprint density at radius 1 is 1.26 bits per heavy atom. The molecule has 3 nitrogen and oxygen atoms in total. The monoisotopic (exact) mass is 358 g/mol. The number of halogens is 1. The van der Waals surface area contributed by atoms with Crippen LogP contribution >= 0.6 is 23.7 Å². The Hall–Kier alpha value is -0.580. The van der Waals surface area contributed by atoms with Crippen molar-refractivity contribution < 1.29 is 4.79 Å². The highest BCUT2D eigenvalue weighted by atomic mass is 35.5. The number of piperidine rings is 1. The molecule has 132 valence electrons. The van der Waals surface area contributed by atoms with Crippen molar-refractivity contribution >= 4 is 29.7 Å². The van der Waals surface area contributed by atoms with Gasteiger partial charge >= 0.3 is 0 Å². The van der Waals surface area contributed by atoms with Crippen molar-refractivity contribution in [1.82, 2.24) is 10.2 Å². The summed E-state index contributed by atoms with van der Waals surface area (Å²) in [6.45, 7) is 9.50. The van der Waals surface area contributed by atoms with E-state index in [-0.39, 0.29) is 18.3 Å². The molecule has 0 saturated carbocycles. The van der Waals surface area contributed by atoms with Gasteiger partial charge in [-0.2, -0.15) is 0 Å². The molecule has 1 aliphatic heterocycles. The molecule has 1 aromatic heterocycles. The normalized spacial score (nSPS) is 15.3. The maximum Gasteiger partial charge on any atom is 0.264 e. The van der Waals surface area contributed by atoms with Crippen LogP contribution in [-0.2, 0) is 12.8 Å². The lowest BCUT2D eigenvalue weighted by molar-refractivity contribution is 0.0647. The highest BCUT2D eigenvalue weighted by Crippen LogP contribution is 2.27. The summed E-state index contributed by atoms with van der Waals surface area (Å²) in [6, 6.07) is 2.57. The van der Waals surface area contributed by atoms with Gasteiger partial charge in [0.05, 0.1) is 4.88 Å². The Bertz CT molecular complexity index is 483. The summed E-state index contributed by atoms with van der Waals surface area (Å²) < 4.78 is 0. The molecule has 0 radical (unpaired) electrons. The number of carbonyl (C=O) groups excluding carboxylic acids is 1. The van der Waals surface area contributed by atoms with E-state index in [1.165, 1.54) is 10.4 Å². The first-order chi connectivity index (χ1) is 10.7. The van der Waals surface area contributed by atoms with E-state index >= 15 is 0 Å². The fraction of sp³-hybridized carbons (Fsp3) is 0.722. The van der Waals surface area contributed by atoms with Gasteiger partial charge < -0.3 is 10.2 Å². The van der Waals surface area contributed by atoms with Gasteiger partial charge in [0.1, 0.15) is 0 Å². The molecule has 1 saturated heterocycles. The number of nitrogens with zero attached hydrogens (tertiary/aromatic N) is 1. The zero-order valence-electron chi connectivity index (χ0n) is 14.7. The smallest absolute Gasteiger partial charge is 0.264 e. The topological polar surface area (TPSA) is 32.3 Å². The first-order valence-corrected chi connectivity index (χ1v) is 9.66. The quantitative estimate of drug-likeness (QED) is 0.788. The minimum absolute atomic E-state index is 0. The lowest BCUT2D eigenvalue weighted by Gasteiger charge is -2.34. The third-order valence-corrected chi connectivity index (χ3v) is 5.67. The summed E-state index contributed by atoms with van der Waals surface area (Å²) in [7, 11) is 0. The molecule has 0 atom stereocenters. The van der Waals surface area contributed by atoms with E-state index in [0.717, 1.165) is 63.0 Å². The number of hydrogen-bond acceptors (Lipinski definition) is 3. The molecular weight excluding hydrogens is 328 g/mol. The van der Waals surface area contributed by atoms with Gasteiger partial charge in [0.2, 0.25) is 0 Å². The average Bonchev–Trinajstić information content (AvgIpc) is 2.96. The Balaban J connectivity index is 0.00000264. The number of carbonyl (C=O) groups is 1. The van der Waals surface area contributed by atoms with Crippen LogP contribution in [0.2, 0.25) is 0 Å². The zero-order valence-corrected chi connectivity index (χ0v) is 16.3. The van der Waals surface area contributed by atoms with Crippen LogP contribution in [0.1, 0.15) is 66.6 Å². The molecule has 0 spiro atoms. The van der Waals surface area contributed by atoms with Crippen molar-refractivity contribution in [3.05, 3.63) is 21.4 Å². The van der Waals surface area contributed by atoms with Gasteiger partial charge in [-0.25, -0.2) is 0 Å². The third-order valence-electron chi connectivity index (χ3n) is 4.44. The summed E-state index contributed by atoms with van der Waals surface area (Å²) >= 11 is 1.73. The molecule has 1 aliphatic rings. The minimum atomic E-state index is 0. The highest BCUT2D eigenvalue weighted by Gasteiger charge is 2.27. The number of rotatable bonds is 7. The summed E-state index contributed by atoms with van der Waals surface area (Å²) in [5.41, 5.74) is 1.37. The fourth-order valence-electron chi connectivity index (χ4n) is 3.26. The Kier molecular flexibility index (Phi) is 9.18. The van der Waals surface area contributed by atoms with Crippen LogP contribution in [0.5, 0.6) is 0 Å². The summed E-state index contributed by atoms with van der Waals surface area (Å²) in [6.07, 6.45) is 6.47. The number of nitrogens with one attached hydrogen (secondary N) is 1. The summed E-state index contributed by atoms with van der Waals surface area (Å²) in [5, 5.41) is 3.39. The second kappa shape index (κ2) is 10.3. The fourth-order valence-corrected chi connectivity index (χ4v) is 4.57. The largest absolute Gasteiger partial charge is 0.335 e. The predicted octanol–water partition coefficient (Wildman–Crippen LogP) is 4.29. The van der Waals surface area contributed by atoms with Crippen molar-refractivity contribution in [2.24, 2.45) is 0 Å². The molecule has 1 N–H and O–H groups in total. The first kappa shape index (κ1) is 20.5. The van der Waals surface area contributed by atoms with Crippen molar-refractivity contribution in [3.8, 4) is 0 Å². The highest BCUT2D eigenvalue weighted by molar-refractivity contribution is 7.14. The van der Waals surface area contributed by atoms with E-state index in [2.05, 4.69) is 37.1 Å². The predicted molar refractivity (Wildman–Crippen MR) is 102 cm³/mol. The van der Waals surface area contributed by atoms with Crippen LogP contribution in [0.25, 0.3) is 0 Å². The van der Waals surface area contributed by atoms with Crippen molar-refractivity contribution in [1.29, 1.82) is 0 Å². The number of thiophene rings is 1. The molecule has 2 rings (SSSR count). The molecule has 1 fully saturated rings. The van der Waals surface area contributed by atoms with Gasteiger partial charge in [-0.1, -0.05) is 27.2 Å². The lowest BCUT2D eigenvalue weighted by atomic mass is 10.0. The molecule has 0 unspecified atom stereocenters. The molecule has 0 aromatic carbocycles. The molecule has 0 aliphatic carbocycles. The van der Waals surface area contributed by atoms with Crippen LogP contribution in [0.3, 0.4) is 0 Å². The maximum atomic E-state index is 13.0. The minimum Gasteiger partial charge on any atom is -0.335 e. The van der Waals surface area contributed by atoms with Gasteiger partial charge in [0, 0.05) is 17.5 Å². The SMILES string of the molecule is CCCc1sc(C(=O)N(CCC)C2CCNCC2)cc1CC.Cl. The van der Waals surface area contributed by atoms with Crippen LogP contribution in [-0.4, -0.2) is 36.5 Å². The molecular formula is C18H31ClN2OS. The molecule has 1 aromatic rings. The van der Waals surface area contributed by atoms with Crippen molar-refractivity contribution in [3.63, 3.8) is 0 Å². The van der Waals surface area contributed by atoms with E-state index in [0.29, 0.717) is 6.04 Å². The van der Waals surface area contributed by atoms with E-state index in [1.807, 2.05) is 0 Å². The van der Waals surface area contributed by atoms with E-state index < -0.39 is 0 Å². The van der Waals surface area contributed by atoms with Crippen LogP contribution in [0.4, 0.5) is 0 Å². The van der Waals surface area contributed by atoms with Gasteiger partial charge in [-0.05, 0) is 56.8 Å². The molecule has 1 amide bonds. The second-order valence-corrected chi connectivity index (χ2v) is 7.28. The van der Waals surface area contributed by atoms with E-state index in [1.54, 1.807) is 11.3 Å². The van der Waals surface area contributed by atoms with Crippen LogP contribution in [0, 0.1) is 0 Å². The van der Waals surface area contributed by atoms with Gasteiger partial charge in [0.25, 0.3) is 5.91 Å². The van der Waals surface area contributed by atoms with Crippen molar-refractivity contribution in [2.75, 3.05) is 19.6 Å². The van der Waals surface area contributed by atoms with Crippen molar-refractivity contribution in [2.45, 2.75) is 65.3 Å². The molecule has 23 heavy (non-hydrogen) atoms. The first-order valence-electron chi connectivity index (χ1n) is 8.84. The van der Waals surface area contributed by atoms with Crippen LogP contribution < -0.4 is 5.32 Å². The van der Waals surface area contributed by atoms with Crippen LogP contribution in [0.15, 0.2) is 6.07 Å². The number of amides is 1. The molecule has 0 bridgehead atoms. The zero-order chi connectivity index (χ0) is 15.9. The van der Waals surface area contributed by atoms with Gasteiger partial charge in [-0.3, -0.25) is 4.79 Å². The summed E-state index contributed by atoms with van der Waals surface area (Å²) in [4.78, 5) is 17.5. The Morgan fingerprint density at radius 2 is 1.96 bits per heavy atom. The average molecular weight is 359 g/mol. The van der Waals surface area contributed by atoms with Gasteiger partial charge in [-0.15, -0.1) is 23.7 Å².